The minimum Gasteiger partial charge on any atom is -0.492 e. The predicted octanol–water partition coefficient (Wildman–Crippen LogP) is 2.93. The van der Waals surface area contributed by atoms with Crippen LogP contribution in [0.5, 0.6) is 5.75 Å². The Morgan fingerprint density at radius 3 is 2.62 bits per heavy atom. The molecule has 0 spiro atoms. The lowest BCUT2D eigenvalue weighted by Gasteiger charge is -2.27. The van der Waals surface area contributed by atoms with Crippen LogP contribution in [-0.2, 0) is 0 Å². The molecule has 1 aromatic heterocycles. The van der Waals surface area contributed by atoms with E-state index in [9.17, 15) is 0 Å². The van der Waals surface area contributed by atoms with E-state index < -0.39 is 0 Å². The first-order valence-corrected chi connectivity index (χ1v) is 7.15. The van der Waals surface area contributed by atoms with Crippen molar-refractivity contribution in [3.8, 4) is 17.1 Å². The third-order valence-electron chi connectivity index (χ3n) is 3.68. The minimum absolute atomic E-state index is 0.0565. The van der Waals surface area contributed by atoms with Crippen LogP contribution in [0.2, 0.25) is 0 Å². The van der Waals surface area contributed by atoms with Gasteiger partial charge in [-0.25, -0.2) is 4.68 Å². The Bertz CT molecular complexity index is 615. The number of aromatic nitrogens is 4. The molecule has 1 unspecified atom stereocenters. The van der Waals surface area contributed by atoms with Gasteiger partial charge in [0.05, 0.1) is 18.3 Å². The number of rotatable bonds is 4. The van der Waals surface area contributed by atoms with Crippen molar-refractivity contribution in [3.05, 3.63) is 18.2 Å². The van der Waals surface area contributed by atoms with Crippen LogP contribution in [0.4, 0.5) is 5.69 Å². The zero-order chi connectivity index (χ0) is 15.6. The Balaban J connectivity index is 2.40. The number of benzene rings is 1. The van der Waals surface area contributed by atoms with Gasteiger partial charge in [0.15, 0.2) is 5.82 Å². The van der Waals surface area contributed by atoms with Crippen molar-refractivity contribution in [2.45, 2.75) is 40.7 Å². The highest BCUT2D eigenvalue weighted by molar-refractivity contribution is 5.66. The summed E-state index contributed by atoms with van der Waals surface area (Å²) in [6.45, 7) is 11.1. The molecule has 2 rings (SSSR count). The SMILES string of the molecule is CCOc1ccc(-c2nnnn2C(C)C(C)(C)C)cc1N. The molecule has 0 aliphatic carbocycles. The summed E-state index contributed by atoms with van der Waals surface area (Å²) in [4.78, 5) is 0. The summed E-state index contributed by atoms with van der Waals surface area (Å²) >= 11 is 0. The van der Waals surface area contributed by atoms with E-state index in [4.69, 9.17) is 10.5 Å². The zero-order valence-electron chi connectivity index (χ0n) is 13.3. The quantitative estimate of drug-likeness (QED) is 0.875. The fourth-order valence-electron chi connectivity index (χ4n) is 1.99. The van der Waals surface area contributed by atoms with Crippen molar-refractivity contribution in [2.75, 3.05) is 12.3 Å². The van der Waals surface area contributed by atoms with Gasteiger partial charge in [0.2, 0.25) is 0 Å². The van der Waals surface area contributed by atoms with Crippen LogP contribution in [0.25, 0.3) is 11.4 Å². The number of tetrazole rings is 1. The maximum absolute atomic E-state index is 6.02. The van der Waals surface area contributed by atoms with Crippen LogP contribution in [0.15, 0.2) is 18.2 Å². The average molecular weight is 289 g/mol. The van der Waals surface area contributed by atoms with Crippen LogP contribution in [-0.4, -0.2) is 26.8 Å². The first kappa shape index (κ1) is 15.3. The standard InChI is InChI=1S/C15H23N5O/c1-6-21-13-8-7-11(9-12(13)16)14-17-18-19-20(14)10(2)15(3,4)5/h7-10H,6,16H2,1-5H3. The first-order valence-electron chi connectivity index (χ1n) is 7.15. The monoisotopic (exact) mass is 289 g/mol. The maximum atomic E-state index is 6.02. The zero-order valence-corrected chi connectivity index (χ0v) is 13.3. The molecule has 1 heterocycles. The third kappa shape index (κ3) is 3.15. The molecule has 2 aromatic rings. The van der Waals surface area contributed by atoms with Crippen molar-refractivity contribution in [3.63, 3.8) is 0 Å². The first-order chi connectivity index (χ1) is 9.84. The highest BCUT2D eigenvalue weighted by atomic mass is 16.5. The number of hydrogen-bond acceptors (Lipinski definition) is 5. The molecule has 0 saturated carbocycles. The molecule has 1 aromatic carbocycles. The topological polar surface area (TPSA) is 78.9 Å². The van der Waals surface area contributed by atoms with Crippen LogP contribution in [0.1, 0.15) is 40.7 Å². The summed E-state index contributed by atoms with van der Waals surface area (Å²) in [5, 5.41) is 12.1. The highest BCUT2D eigenvalue weighted by Gasteiger charge is 2.26. The minimum atomic E-state index is 0.0565. The van der Waals surface area contributed by atoms with E-state index in [1.807, 2.05) is 29.8 Å². The predicted molar refractivity (Wildman–Crippen MR) is 83.0 cm³/mol. The van der Waals surface area contributed by atoms with Crippen molar-refractivity contribution >= 4 is 5.69 Å². The molecule has 1 atom stereocenters. The van der Waals surface area contributed by atoms with E-state index in [2.05, 4.69) is 43.2 Å². The fraction of sp³-hybridized carbons (Fsp3) is 0.533. The second-order valence-corrected chi connectivity index (χ2v) is 6.17. The lowest BCUT2D eigenvalue weighted by molar-refractivity contribution is 0.243. The van der Waals surface area contributed by atoms with E-state index >= 15 is 0 Å². The molecule has 0 saturated heterocycles. The summed E-state index contributed by atoms with van der Waals surface area (Å²) in [6, 6.07) is 5.80. The van der Waals surface area contributed by atoms with Crippen molar-refractivity contribution in [1.29, 1.82) is 0 Å². The van der Waals surface area contributed by atoms with Gasteiger partial charge in [0.1, 0.15) is 5.75 Å². The van der Waals surface area contributed by atoms with Crippen molar-refractivity contribution in [2.24, 2.45) is 5.41 Å². The largest absolute Gasteiger partial charge is 0.492 e. The van der Waals surface area contributed by atoms with Crippen molar-refractivity contribution in [1.82, 2.24) is 20.2 Å². The maximum Gasteiger partial charge on any atom is 0.182 e. The molecule has 0 radical (unpaired) electrons. The fourth-order valence-corrected chi connectivity index (χ4v) is 1.99. The molecular formula is C15H23N5O. The molecule has 21 heavy (non-hydrogen) atoms. The van der Waals surface area contributed by atoms with Gasteiger partial charge in [0, 0.05) is 5.56 Å². The summed E-state index contributed by atoms with van der Waals surface area (Å²) < 4.78 is 7.30. The number of nitrogens with two attached hydrogens (primary N) is 1. The van der Waals surface area contributed by atoms with E-state index in [1.54, 1.807) is 0 Å². The number of anilines is 1. The summed E-state index contributed by atoms with van der Waals surface area (Å²) in [6.07, 6.45) is 0. The number of nitrogen functional groups attached to an aromatic ring is 1. The lowest BCUT2D eigenvalue weighted by Crippen LogP contribution is -2.23. The third-order valence-corrected chi connectivity index (χ3v) is 3.68. The average Bonchev–Trinajstić information content (AvgIpc) is 2.88. The van der Waals surface area contributed by atoms with Gasteiger partial charge in [-0.05, 0) is 47.9 Å². The van der Waals surface area contributed by atoms with Crippen LogP contribution in [0, 0.1) is 5.41 Å². The van der Waals surface area contributed by atoms with Crippen LogP contribution in [0.3, 0.4) is 0 Å². The van der Waals surface area contributed by atoms with Gasteiger partial charge < -0.3 is 10.5 Å². The van der Waals surface area contributed by atoms with Gasteiger partial charge in [-0.15, -0.1) is 5.10 Å². The summed E-state index contributed by atoms with van der Waals surface area (Å²) in [7, 11) is 0. The second kappa shape index (κ2) is 5.71. The normalized spacial score (nSPS) is 13.2. The molecule has 6 heteroatoms. The van der Waals surface area contributed by atoms with E-state index in [1.165, 1.54) is 0 Å². The molecule has 114 valence electrons. The summed E-state index contributed by atoms with van der Waals surface area (Å²) in [5.41, 5.74) is 7.56. The lowest BCUT2D eigenvalue weighted by atomic mass is 9.88. The Hall–Kier alpha value is -2.11. The number of nitrogens with zero attached hydrogens (tertiary/aromatic N) is 4. The van der Waals surface area contributed by atoms with Gasteiger partial charge in [-0.3, -0.25) is 0 Å². The Labute approximate surface area is 125 Å². The van der Waals surface area contributed by atoms with Gasteiger partial charge in [-0.1, -0.05) is 20.8 Å². The van der Waals surface area contributed by atoms with Crippen molar-refractivity contribution < 1.29 is 4.74 Å². The molecule has 0 aliphatic heterocycles. The Kier molecular flexibility index (Phi) is 4.16. The molecule has 0 aliphatic rings. The molecule has 6 nitrogen and oxygen atoms in total. The van der Waals surface area contributed by atoms with E-state index in [0.717, 1.165) is 5.56 Å². The second-order valence-electron chi connectivity index (χ2n) is 6.17. The van der Waals surface area contributed by atoms with E-state index in [0.29, 0.717) is 23.9 Å². The highest BCUT2D eigenvalue weighted by Crippen LogP contribution is 2.33. The van der Waals surface area contributed by atoms with Gasteiger partial charge in [-0.2, -0.15) is 0 Å². The Morgan fingerprint density at radius 1 is 1.33 bits per heavy atom. The van der Waals surface area contributed by atoms with Gasteiger partial charge in [0.25, 0.3) is 0 Å². The van der Waals surface area contributed by atoms with Crippen LogP contribution < -0.4 is 10.5 Å². The molecule has 2 N–H and O–H groups in total. The number of hydrogen-bond donors (Lipinski definition) is 1. The number of ether oxygens (including phenoxy) is 1. The smallest absolute Gasteiger partial charge is 0.182 e. The Morgan fingerprint density at radius 2 is 2.05 bits per heavy atom. The molecular weight excluding hydrogens is 266 g/mol. The molecule has 0 amide bonds. The summed E-state index contributed by atoms with van der Waals surface area (Å²) in [5.74, 6) is 1.40. The molecule has 0 fully saturated rings. The molecule has 0 bridgehead atoms. The van der Waals surface area contributed by atoms with Crippen LogP contribution >= 0.6 is 0 Å². The van der Waals surface area contributed by atoms with Gasteiger partial charge >= 0.3 is 0 Å². The van der Waals surface area contributed by atoms with E-state index in [-0.39, 0.29) is 11.5 Å².